The summed E-state index contributed by atoms with van der Waals surface area (Å²) >= 11 is 0. The van der Waals surface area contributed by atoms with Crippen molar-refractivity contribution < 1.29 is 15.0 Å². The molecule has 1 aliphatic rings. The van der Waals surface area contributed by atoms with Crippen LogP contribution in [0, 0.1) is 0 Å². The van der Waals surface area contributed by atoms with E-state index in [1.165, 1.54) is 0 Å². The third kappa shape index (κ3) is 4.04. The van der Waals surface area contributed by atoms with Gasteiger partial charge in [0.1, 0.15) is 0 Å². The summed E-state index contributed by atoms with van der Waals surface area (Å²) in [5.41, 5.74) is 1.84. The Labute approximate surface area is 113 Å². The van der Waals surface area contributed by atoms with Gasteiger partial charge in [0, 0.05) is 12.6 Å². The quantitative estimate of drug-likeness (QED) is 0.756. The van der Waals surface area contributed by atoms with E-state index < -0.39 is 5.97 Å². The van der Waals surface area contributed by atoms with Crippen molar-refractivity contribution in [2.24, 2.45) is 0 Å². The lowest BCUT2D eigenvalue weighted by atomic mass is 9.92. The molecule has 0 aromatic heterocycles. The predicted octanol–water partition coefficient (Wildman–Crippen LogP) is 1.71. The minimum Gasteiger partial charge on any atom is -0.481 e. The van der Waals surface area contributed by atoms with Gasteiger partial charge in [-0.3, -0.25) is 4.79 Å². The van der Waals surface area contributed by atoms with Gasteiger partial charge in [-0.15, -0.1) is 0 Å². The van der Waals surface area contributed by atoms with E-state index in [1.54, 1.807) is 0 Å². The number of carbonyl (C=O) groups is 1. The van der Waals surface area contributed by atoms with Crippen LogP contribution in [0.4, 0.5) is 0 Å². The van der Waals surface area contributed by atoms with Crippen LogP contribution in [0.1, 0.15) is 36.8 Å². The zero-order valence-electron chi connectivity index (χ0n) is 11.0. The molecule has 1 aromatic rings. The summed E-state index contributed by atoms with van der Waals surface area (Å²) in [7, 11) is 0. The molecular weight excluding hydrogens is 242 g/mol. The summed E-state index contributed by atoms with van der Waals surface area (Å²) in [6, 6.07) is 7.70. The lowest BCUT2D eigenvalue weighted by molar-refractivity contribution is -0.136. The molecule has 0 aliphatic heterocycles. The Morgan fingerprint density at radius 3 is 2.58 bits per heavy atom. The number of benzene rings is 1. The van der Waals surface area contributed by atoms with Crippen LogP contribution in [-0.4, -0.2) is 28.3 Å². The van der Waals surface area contributed by atoms with Crippen LogP contribution in [0.3, 0.4) is 0 Å². The molecule has 1 aromatic carbocycles. The number of aliphatic hydroxyl groups is 1. The fourth-order valence-electron chi connectivity index (χ4n) is 2.66. The van der Waals surface area contributed by atoms with E-state index >= 15 is 0 Å². The lowest BCUT2D eigenvalue weighted by Gasteiger charge is -2.28. The summed E-state index contributed by atoms with van der Waals surface area (Å²) in [5, 5.41) is 22.2. The SMILES string of the molecule is O=C(O)Cc1ccccc1CNC1CCCCC1O. The molecule has 1 saturated carbocycles. The number of nitrogens with one attached hydrogen (secondary N) is 1. The Bertz CT molecular complexity index is 433. The Kier molecular flexibility index (Phi) is 4.93. The zero-order valence-corrected chi connectivity index (χ0v) is 11.0. The molecule has 2 unspecified atom stereocenters. The smallest absolute Gasteiger partial charge is 0.307 e. The molecule has 1 aliphatic carbocycles. The molecular formula is C15H21NO3. The molecule has 2 rings (SSSR count). The number of hydrogen-bond donors (Lipinski definition) is 3. The van der Waals surface area contributed by atoms with Crippen LogP contribution >= 0.6 is 0 Å². The highest BCUT2D eigenvalue weighted by molar-refractivity contribution is 5.70. The first kappa shape index (κ1) is 14.0. The first-order chi connectivity index (χ1) is 9.16. The van der Waals surface area contributed by atoms with Crippen molar-refractivity contribution in [3.8, 4) is 0 Å². The van der Waals surface area contributed by atoms with Crippen LogP contribution in [-0.2, 0) is 17.8 Å². The molecule has 0 radical (unpaired) electrons. The minimum atomic E-state index is -0.815. The summed E-state index contributed by atoms with van der Waals surface area (Å²) in [6.45, 7) is 0.616. The van der Waals surface area contributed by atoms with Crippen molar-refractivity contribution in [3.05, 3.63) is 35.4 Å². The molecule has 19 heavy (non-hydrogen) atoms. The third-order valence-electron chi connectivity index (χ3n) is 3.74. The molecule has 0 amide bonds. The number of carboxylic acid groups (broad SMARTS) is 1. The molecule has 4 nitrogen and oxygen atoms in total. The second-order valence-electron chi connectivity index (χ2n) is 5.18. The second-order valence-corrected chi connectivity index (χ2v) is 5.18. The monoisotopic (exact) mass is 263 g/mol. The predicted molar refractivity (Wildman–Crippen MR) is 72.9 cm³/mol. The molecule has 1 fully saturated rings. The van der Waals surface area contributed by atoms with E-state index in [-0.39, 0.29) is 18.6 Å². The number of hydrogen-bond acceptors (Lipinski definition) is 3. The third-order valence-corrected chi connectivity index (χ3v) is 3.74. The maximum atomic E-state index is 10.8. The topological polar surface area (TPSA) is 69.6 Å². The molecule has 0 saturated heterocycles. The Balaban J connectivity index is 1.96. The first-order valence-corrected chi connectivity index (χ1v) is 6.87. The van der Waals surface area contributed by atoms with Gasteiger partial charge in [-0.1, -0.05) is 37.1 Å². The van der Waals surface area contributed by atoms with Gasteiger partial charge < -0.3 is 15.5 Å². The molecule has 0 heterocycles. The summed E-state index contributed by atoms with van der Waals surface area (Å²) in [6.07, 6.45) is 3.85. The fourth-order valence-corrected chi connectivity index (χ4v) is 2.66. The van der Waals surface area contributed by atoms with Gasteiger partial charge in [-0.2, -0.15) is 0 Å². The molecule has 4 heteroatoms. The Morgan fingerprint density at radius 1 is 1.21 bits per heavy atom. The second kappa shape index (κ2) is 6.68. The molecule has 0 spiro atoms. The maximum absolute atomic E-state index is 10.8. The van der Waals surface area contributed by atoms with Gasteiger partial charge in [0.15, 0.2) is 0 Å². The van der Waals surface area contributed by atoms with E-state index in [0.717, 1.165) is 36.8 Å². The van der Waals surface area contributed by atoms with Crippen LogP contribution in [0.25, 0.3) is 0 Å². The van der Waals surface area contributed by atoms with Crippen molar-refractivity contribution in [3.63, 3.8) is 0 Å². The largest absolute Gasteiger partial charge is 0.481 e. The Morgan fingerprint density at radius 2 is 1.89 bits per heavy atom. The van der Waals surface area contributed by atoms with E-state index in [9.17, 15) is 9.90 Å². The highest BCUT2D eigenvalue weighted by Gasteiger charge is 2.22. The van der Waals surface area contributed by atoms with E-state index in [4.69, 9.17) is 5.11 Å². The molecule has 2 atom stereocenters. The van der Waals surface area contributed by atoms with Gasteiger partial charge >= 0.3 is 5.97 Å². The summed E-state index contributed by atoms with van der Waals surface area (Å²) in [4.78, 5) is 10.8. The highest BCUT2D eigenvalue weighted by Crippen LogP contribution is 2.19. The van der Waals surface area contributed by atoms with Gasteiger partial charge in [0.05, 0.1) is 12.5 Å². The Hall–Kier alpha value is -1.39. The van der Waals surface area contributed by atoms with Crippen molar-refractivity contribution in [2.45, 2.75) is 50.8 Å². The molecule has 104 valence electrons. The fraction of sp³-hybridized carbons (Fsp3) is 0.533. The van der Waals surface area contributed by atoms with Gasteiger partial charge in [-0.25, -0.2) is 0 Å². The molecule has 3 N–H and O–H groups in total. The molecule has 0 bridgehead atoms. The average molecular weight is 263 g/mol. The summed E-state index contributed by atoms with van der Waals surface area (Å²) in [5.74, 6) is -0.815. The zero-order chi connectivity index (χ0) is 13.7. The standard InChI is InChI=1S/C15H21NO3/c17-14-8-4-3-7-13(14)16-10-12-6-2-1-5-11(12)9-15(18)19/h1-2,5-6,13-14,16-17H,3-4,7-10H2,(H,18,19). The number of aliphatic carboxylic acids is 1. The summed E-state index contributed by atoms with van der Waals surface area (Å²) < 4.78 is 0. The van der Waals surface area contributed by atoms with Gasteiger partial charge in [0.25, 0.3) is 0 Å². The number of rotatable bonds is 5. The van der Waals surface area contributed by atoms with Crippen LogP contribution in [0.15, 0.2) is 24.3 Å². The highest BCUT2D eigenvalue weighted by atomic mass is 16.4. The van der Waals surface area contributed by atoms with Crippen molar-refractivity contribution in [1.29, 1.82) is 0 Å². The van der Waals surface area contributed by atoms with Crippen LogP contribution in [0.2, 0.25) is 0 Å². The van der Waals surface area contributed by atoms with Crippen molar-refractivity contribution in [2.75, 3.05) is 0 Å². The first-order valence-electron chi connectivity index (χ1n) is 6.87. The van der Waals surface area contributed by atoms with Gasteiger partial charge in [-0.05, 0) is 24.0 Å². The van der Waals surface area contributed by atoms with Gasteiger partial charge in [0.2, 0.25) is 0 Å². The lowest BCUT2D eigenvalue weighted by Crippen LogP contribution is -2.41. The van der Waals surface area contributed by atoms with E-state index in [2.05, 4.69) is 5.32 Å². The van der Waals surface area contributed by atoms with E-state index in [0.29, 0.717) is 6.54 Å². The number of aliphatic hydroxyl groups excluding tert-OH is 1. The normalized spacial score (nSPS) is 23.2. The number of carboxylic acids is 1. The average Bonchev–Trinajstić information content (AvgIpc) is 2.39. The van der Waals surface area contributed by atoms with E-state index in [1.807, 2.05) is 24.3 Å². The van der Waals surface area contributed by atoms with Crippen molar-refractivity contribution in [1.82, 2.24) is 5.32 Å². The van der Waals surface area contributed by atoms with Crippen LogP contribution < -0.4 is 5.32 Å². The van der Waals surface area contributed by atoms with Crippen molar-refractivity contribution >= 4 is 5.97 Å². The maximum Gasteiger partial charge on any atom is 0.307 e. The van der Waals surface area contributed by atoms with Crippen LogP contribution in [0.5, 0.6) is 0 Å². The minimum absolute atomic E-state index is 0.0467.